The third-order valence-corrected chi connectivity index (χ3v) is 4.52. The number of hydrogen-bond donors (Lipinski definition) is 1. The molecule has 0 atom stereocenters. The predicted molar refractivity (Wildman–Crippen MR) is 101 cm³/mol. The van der Waals surface area contributed by atoms with E-state index in [1.807, 2.05) is 61.6 Å². The van der Waals surface area contributed by atoms with Crippen molar-refractivity contribution in [1.29, 1.82) is 0 Å². The molecule has 0 aliphatic carbocycles. The molecule has 0 bridgehead atoms. The Kier molecular flexibility index (Phi) is 4.75. The second-order valence-corrected chi connectivity index (χ2v) is 6.48. The predicted octanol–water partition coefficient (Wildman–Crippen LogP) is 2.97. The zero-order valence-corrected chi connectivity index (χ0v) is 15.4. The summed E-state index contributed by atoms with van der Waals surface area (Å²) in [5.41, 5.74) is 4.91. The number of nitrogens with one attached hydrogen (secondary N) is 1. The summed E-state index contributed by atoms with van der Waals surface area (Å²) < 4.78 is 1.86. The van der Waals surface area contributed by atoms with Crippen molar-refractivity contribution in [3.63, 3.8) is 0 Å². The number of amides is 2. The lowest BCUT2D eigenvalue weighted by Gasteiger charge is -2.16. The summed E-state index contributed by atoms with van der Waals surface area (Å²) in [6.45, 7) is 5.86. The molecule has 0 fully saturated rings. The molecule has 26 heavy (non-hydrogen) atoms. The Balaban J connectivity index is 1.71. The standard InChI is InChI=1S/C20H22N4O2/c1-13-7-5-9-16(15(13)3)22-19(25)12-23(4)20(26)17-11-24-14(2)8-6-10-18(24)21-17/h5-11H,12H2,1-4H3,(H,22,25). The lowest BCUT2D eigenvalue weighted by molar-refractivity contribution is -0.116. The van der Waals surface area contributed by atoms with Crippen molar-refractivity contribution in [2.45, 2.75) is 20.8 Å². The topological polar surface area (TPSA) is 66.7 Å². The van der Waals surface area contributed by atoms with Crippen LogP contribution in [0.15, 0.2) is 42.6 Å². The first kappa shape index (κ1) is 17.7. The Hall–Kier alpha value is -3.15. The van der Waals surface area contributed by atoms with E-state index in [0.29, 0.717) is 11.3 Å². The van der Waals surface area contributed by atoms with E-state index in [2.05, 4.69) is 10.3 Å². The molecule has 2 aromatic heterocycles. The van der Waals surface area contributed by atoms with Gasteiger partial charge in [0, 0.05) is 24.6 Å². The maximum Gasteiger partial charge on any atom is 0.274 e. The highest BCUT2D eigenvalue weighted by atomic mass is 16.2. The zero-order chi connectivity index (χ0) is 18.8. The number of anilines is 1. The molecule has 0 spiro atoms. The summed E-state index contributed by atoms with van der Waals surface area (Å²) >= 11 is 0. The number of aromatic nitrogens is 2. The first-order valence-electron chi connectivity index (χ1n) is 8.43. The Bertz CT molecular complexity index is 991. The normalized spacial score (nSPS) is 10.8. The molecule has 134 valence electrons. The second-order valence-electron chi connectivity index (χ2n) is 6.48. The monoisotopic (exact) mass is 350 g/mol. The maximum absolute atomic E-state index is 12.6. The highest BCUT2D eigenvalue weighted by molar-refractivity contribution is 5.98. The van der Waals surface area contributed by atoms with Crippen molar-refractivity contribution in [2.75, 3.05) is 18.9 Å². The van der Waals surface area contributed by atoms with Crippen LogP contribution in [0.1, 0.15) is 27.3 Å². The summed E-state index contributed by atoms with van der Waals surface area (Å²) in [4.78, 5) is 30.6. The number of benzene rings is 1. The average molecular weight is 350 g/mol. The summed E-state index contributed by atoms with van der Waals surface area (Å²) in [6.07, 6.45) is 1.70. The summed E-state index contributed by atoms with van der Waals surface area (Å²) in [7, 11) is 1.60. The van der Waals surface area contributed by atoms with E-state index in [9.17, 15) is 9.59 Å². The van der Waals surface area contributed by atoms with Gasteiger partial charge in [-0.2, -0.15) is 0 Å². The number of carbonyl (C=O) groups excluding carboxylic acids is 2. The maximum atomic E-state index is 12.6. The molecule has 0 saturated carbocycles. The van der Waals surface area contributed by atoms with Crippen LogP contribution in [-0.2, 0) is 4.79 Å². The average Bonchev–Trinajstić information content (AvgIpc) is 3.04. The highest BCUT2D eigenvalue weighted by Gasteiger charge is 2.18. The van der Waals surface area contributed by atoms with Gasteiger partial charge in [0.05, 0.1) is 6.54 Å². The molecule has 3 aromatic rings. The molecule has 6 nitrogen and oxygen atoms in total. The van der Waals surface area contributed by atoms with Gasteiger partial charge in [0.2, 0.25) is 5.91 Å². The highest BCUT2D eigenvalue weighted by Crippen LogP contribution is 2.18. The quantitative estimate of drug-likeness (QED) is 0.787. The molecular weight excluding hydrogens is 328 g/mol. The molecule has 0 aliphatic rings. The molecule has 0 aliphatic heterocycles. The van der Waals surface area contributed by atoms with Crippen LogP contribution in [0, 0.1) is 20.8 Å². The number of imidazole rings is 1. The minimum Gasteiger partial charge on any atom is -0.331 e. The van der Waals surface area contributed by atoms with Crippen molar-refractivity contribution in [2.24, 2.45) is 0 Å². The third-order valence-electron chi connectivity index (χ3n) is 4.52. The molecule has 6 heteroatoms. The first-order chi connectivity index (χ1) is 12.4. The number of rotatable bonds is 4. The molecule has 3 rings (SSSR count). The van der Waals surface area contributed by atoms with Gasteiger partial charge in [-0.15, -0.1) is 0 Å². The van der Waals surface area contributed by atoms with E-state index in [1.165, 1.54) is 4.90 Å². The lowest BCUT2D eigenvalue weighted by Crippen LogP contribution is -2.35. The number of hydrogen-bond acceptors (Lipinski definition) is 3. The number of fused-ring (bicyclic) bond motifs is 1. The van der Waals surface area contributed by atoms with Gasteiger partial charge < -0.3 is 14.6 Å². The van der Waals surface area contributed by atoms with Crippen LogP contribution in [0.25, 0.3) is 5.65 Å². The van der Waals surface area contributed by atoms with E-state index in [1.54, 1.807) is 13.2 Å². The largest absolute Gasteiger partial charge is 0.331 e. The van der Waals surface area contributed by atoms with Crippen molar-refractivity contribution < 1.29 is 9.59 Å². The Morgan fingerprint density at radius 2 is 1.85 bits per heavy atom. The summed E-state index contributed by atoms with van der Waals surface area (Å²) in [6, 6.07) is 11.4. The minimum atomic E-state index is -0.288. The number of nitrogens with zero attached hydrogens (tertiary/aromatic N) is 3. The summed E-state index contributed by atoms with van der Waals surface area (Å²) in [5.74, 6) is -0.529. The first-order valence-corrected chi connectivity index (χ1v) is 8.43. The van der Waals surface area contributed by atoms with E-state index in [4.69, 9.17) is 0 Å². The van der Waals surface area contributed by atoms with E-state index in [0.717, 1.165) is 22.5 Å². The summed E-state index contributed by atoms with van der Waals surface area (Å²) in [5, 5.41) is 2.87. The van der Waals surface area contributed by atoms with Gasteiger partial charge in [0.15, 0.2) is 0 Å². The Morgan fingerprint density at radius 1 is 1.12 bits per heavy atom. The molecule has 1 N–H and O–H groups in total. The molecular formula is C20H22N4O2. The van der Waals surface area contributed by atoms with Gasteiger partial charge in [-0.25, -0.2) is 4.98 Å². The number of aryl methyl sites for hydroxylation is 2. The molecule has 0 unspecified atom stereocenters. The van der Waals surface area contributed by atoms with Crippen LogP contribution in [0.4, 0.5) is 5.69 Å². The zero-order valence-electron chi connectivity index (χ0n) is 15.4. The third kappa shape index (κ3) is 3.44. The van der Waals surface area contributed by atoms with Crippen molar-refractivity contribution >= 4 is 23.1 Å². The van der Waals surface area contributed by atoms with Gasteiger partial charge >= 0.3 is 0 Å². The molecule has 2 heterocycles. The fraction of sp³-hybridized carbons (Fsp3) is 0.250. The van der Waals surface area contributed by atoms with Crippen molar-refractivity contribution in [1.82, 2.24) is 14.3 Å². The molecule has 1 aromatic carbocycles. The van der Waals surface area contributed by atoms with Gasteiger partial charge in [-0.05, 0) is 50.1 Å². The van der Waals surface area contributed by atoms with Crippen LogP contribution >= 0.6 is 0 Å². The van der Waals surface area contributed by atoms with Crippen LogP contribution < -0.4 is 5.32 Å². The van der Waals surface area contributed by atoms with Gasteiger partial charge in [0.1, 0.15) is 11.3 Å². The Labute approximate surface area is 152 Å². The van der Waals surface area contributed by atoms with E-state index >= 15 is 0 Å². The van der Waals surface area contributed by atoms with Crippen LogP contribution in [0.5, 0.6) is 0 Å². The minimum absolute atomic E-state index is 0.0426. The van der Waals surface area contributed by atoms with Crippen molar-refractivity contribution in [3.8, 4) is 0 Å². The van der Waals surface area contributed by atoms with Crippen molar-refractivity contribution in [3.05, 3.63) is 65.1 Å². The van der Waals surface area contributed by atoms with E-state index < -0.39 is 0 Å². The van der Waals surface area contributed by atoms with Crippen LogP contribution in [0.2, 0.25) is 0 Å². The lowest BCUT2D eigenvalue weighted by atomic mass is 10.1. The fourth-order valence-electron chi connectivity index (χ4n) is 2.81. The van der Waals surface area contributed by atoms with Crippen LogP contribution in [-0.4, -0.2) is 39.7 Å². The van der Waals surface area contributed by atoms with Gasteiger partial charge in [-0.1, -0.05) is 18.2 Å². The molecule has 0 saturated heterocycles. The smallest absolute Gasteiger partial charge is 0.274 e. The number of carbonyl (C=O) groups is 2. The molecule has 2 amide bonds. The SMILES string of the molecule is Cc1cccc(NC(=O)CN(C)C(=O)c2cn3c(C)cccc3n2)c1C. The Morgan fingerprint density at radius 3 is 2.58 bits per heavy atom. The van der Waals surface area contributed by atoms with Gasteiger partial charge in [0.25, 0.3) is 5.91 Å². The fourth-order valence-corrected chi connectivity index (χ4v) is 2.81. The number of pyridine rings is 1. The second kappa shape index (κ2) is 7.00. The van der Waals surface area contributed by atoms with Crippen LogP contribution in [0.3, 0.4) is 0 Å². The number of likely N-dealkylation sites (N-methyl/N-ethyl adjacent to an activating group) is 1. The van der Waals surface area contributed by atoms with Gasteiger partial charge in [-0.3, -0.25) is 9.59 Å². The molecule has 0 radical (unpaired) electrons. The van der Waals surface area contributed by atoms with E-state index in [-0.39, 0.29) is 18.4 Å².